The molecule has 2 aliphatic rings. The Kier molecular flexibility index (Phi) is 2.47. The van der Waals surface area contributed by atoms with Gasteiger partial charge in [-0.25, -0.2) is 0 Å². The summed E-state index contributed by atoms with van der Waals surface area (Å²) in [6.45, 7) is 2.65. The number of nitrogens with two attached hydrogens (primary N) is 1. The van der Waals surface area contributed by atoms with Crippen LogP contribution in [0.3, 0.4) is 0 Å². The standard InChI is InChI=1S/C16H20N2O/c17-9-8-16-7-3-10-18-14-5-2-1-4-12(14)13(15(16)18)6-11-19-16/h1-2,4-5H,3,6-11,17H2. The third kappa shape index (κ3) is 1.46. The minimum atomic E-state index is -0.112. The third-order valence-corrected chi connectivity index (χ3v) is 4.75. The minimum absolute atomic E-state index is 0.112. The molecule has 2 aromatic rings. The number of rotatable bonds is 2. The highest BCUT2D eigenvalue weighted by atomic mass is 16.5. The van der Waals surface area contributed by atoms with Crippen LogP contribution in [0.4, 0.5) is 0 Å². The van der Waals surface area contributed by atoms with Crippen molar-refractivity contribution in [3.8, 4) is 0 Å². The molecule has 1 atom stereocenters. The first-order valence-corrected chi connectivity index (χ1v) is 7.30. The summed E-state index contributed by atoms with van der Waals surface area (Å²) in [5.41, 5.74) is 10.1. The second kappa shape index (κ2) is 4.09. The highest BCUT2D eigenvalue weighted by molar-refractivity contribution is 5.86. The molecule has 2 N–H and O–H groups in total. The van der Waals surface area contributed by atoms with Crippen LogP contribution in [0, 0.1) is 0 Å². The molecule has 1 unspecified atom stereocenters. The molecule has 1 aromatic carbocycles. The van der Waals surface area contributed by atoms with Gasteiger partial charge in [0.15, 0.2) is 0 Å². The fraction of sp³-hybridized carbons (Fsp3) is 0.500. The van der Waals surface area contributed by atoms with Crippen molar-refractivity contribution in [1.29, 1.82) is 0 Å². The minimum Gasteiger partial charge on any atom is -0.368 e. The topological polar surface area (TPSA) is 40.2 Å². The Balaban J connectivity index is 2.05. The van der Waals surface area contributed by atoms with E-state index in [0.29, 0.717) is 6.54 Å². The molecule has 0 spiro atoms. The molecule has 0 saturated heterocycles. The summed E-state index contributed by atoms with van der Waals surface area (Å²) in [6, 6.07) is 8.78. The quantitative estimate of drug-likeness (QED) is 0.897. The van der Waals surface area contributed by atoms with Gasteiger partial charge in [0.05, 0.1) is 12.3 Å². The fourth-order valence-electron chi connectivity index (χ4n) is 4.06. The van der Waals surface area contributed by atoms with E-state index in [2.05, 4.69) is 28.8 Å². The van der Waals surface area contributed by atoms with E-state index in [9.17, 15) is 0 Å². The van der Waals surface area contributed by atoms with Gasteiger partial charge in [-0.1, -0.05) is 18.2 Å². The summed E-state index contributed by atoms with van der Waals surface area (Å²) in [6.07, 6.45) is 4.28. The van der Waals surface area contributed by atoms with Gasteiger partial charge in [0.1, 0.15) is 5.60 Å². The Morgan fingerprint density at radius 3 is 3.11 bits per heavy atom. The third-order valence-electron chi connectivity index (χ3n) is 4.75. The van der Waals surface area contributed by atoms with Crippen molar-refractivity contribution in [3.63, 3.8) is 0 Å². The van der Waals surface area contributed by atoms with Crippen LogP contribution in [0.2, 0.25) is 0 Å². The van der Waals surface area contributed by atoms with Gasteiger partial charge >= 0.3 is 0 Å². The van der Waals surface area contributed by atoms with Gasteiger partial charge in [-0.05, 0) is 43.9 Å². The first-order chi connectivity index (χ1) is 9.36. The zero-order chi connectivity index (χ0) is 12.9. The van der Waals surface area contributed by atoms with Crippen LogP contribution in [-0.4, -0.2) is 17.7 Å². The van der Waals surface area contributed by atoms with Gasteiger partial charge in [-0.3, -0.25) is 0 Å². The lowest BCUT2D eigenvalue weighted by molar-refractivity contribution is -0.0848. The Morgan fingerprint density at radius 2 is 2.21 bits per heavy atom. The van der Waals surface area contributed by atoms with Crippen molar-refractivity contribution in [2.45, 2.75) is 37.8 Å². The number of fused-ring (bicyclic) bond motifs is 3. The largest absolute Gasteiger partial charge is 0.368 e. The second-order valence-corrected chi connectivity index (χ2v) is 5.73. The smallest absolute Gasteiger partial charge is 0.110 e. The number of nitrogens with zero attached hydrogens (tertiary/aromatic N) is 1. The van der Waals surface area contributed by atoms with Gasteiger partial charge in [-0.15, -0.1) is 0 Å². The molecule has 0 bridgehead atoms. The maximum absolute atomic E-state index is 6.24. The number of aromatic nitrogens is 1. The van der Waals surface area contributed by atoms with Crippen LogP contribution in [0.5, 0.6) is 0 Å². The number of para-hydroxylation sites is 1. The Morgan fingerprint density at radius 1 is 1.32 bits per heavy atom. The highest BCUT2D eigenvalue weighted by Gasteiger charge is 2.43. The van der Waals surface area contributed by atoms with E-state index in [-0.39, 0.29) is 5.60 Å². The normalized spacial score (nSPS) is 25.5. The molecule has 19 heavy (non-hydrogen) atoms. The molecule has 3 nitrogen and oxygen atoms in total. The number of aryl methyl sites for hydroxylation is 1. The zero-order valence-electron chi connectivity index (χ0n) is 11.2. The molecule has 0 fully saturated rings. The lowest BCUT2D eigenvalue weighted by Gasteiger charge is -2.42. The van der Waals surface area contributed by atoms with Crippen molar-refractivity contribution >= 4 is 10.9 Å². The van der Waals surface area contributed by atoms with Crippen LogP contribution >= 0.6 is 0 Å². The van der Waals surface area contributed by atoms with Gasteiger partial charge in [-0.2, -0.15) is 0 Å². The first-order valence-electron chi connectivity index (χ1n) is 7.30. The molecular weight excluding hydrogens is 236 g/mol. The molecular formula is C16H20N2O. The first kappa shape index (κ1) is 11.5. The number of hydrogen-bond donors (Lipinski definition) is 1. The van der Waals surface area contributed by atoms with Gasteiger partial charge < -0.3 is 15.0 Å². The van der Waals surface area contributed by atoms with Gasteiger partial charge in [0.25, 0.3) is 0 Å². The maximum Gasteiger partial charge on any atom is 0.110 e. The lowest BCUT2D eigenvalue weighted by Crippen LogP contribution is -2.41. The monoisotopic (exact) mass is 256 g/mol. The summed E-state index contributed by atoms with van der Waals surface area (Å²) < 4.78 is 8.73. The number of hydrogen-bond acceptors (Lipinski definition) is 2. The average Bonchev–Trinajstić information content (AvgIpc) is 2.77. The van der Waals surface area contributed by atoms with Crippen molar-refractivity contribution in [2.24, 2.45) is 5.73 Å². The molecule has 2 aliphatic heterocycles. The molecule has 0 saturated carbocycles. The van der Waals surface area contributed by atoms with Crippen LogP contribution < -0.4 is 5.73 Å². The Bertz CT molecular complexity index is 582. The molecule has 1 aromatic heterocycles. The number of ether oxygens (including phenoxy) is 1. The van der Waals surface area contributed by atoms with E-state index in [1.165, 1.54) is 28.6 Å². The Labute approximate surface area is 113 Å². The lowest BCUT2D eigenvalue weighted by atomic mass is 9.82. The summed E-state index contributed by atoms with van der Waals surface area (Å²) in [5, 5.41) is 1.42. The van der Waals surface area contributed by atoms with Crippen molar-refractivity contribution in [1.82, 2.24) is 4.57 Å². The van der Waals surface area contributed by atoms with Crippen LogP contribution in [-0.2, 0) is 23.3 Å². The number of benzene rings is 1. The van der Waals surface area contributed by atoms with Crippen LogP contribution in [0.1, 0.15) is 30.5 Å². The summed E-state index contributed by atoms with van der Waals surface area (Å²) >= 11 is 0. The Hall–Kier alpha value is -1.32. The van der Waals surface area contributed by atoms with Crippen LogP contribution in [0.25, 0.3) is 10.9 Å². The molecule has 0 amide bonds. The predicted molar refractivity (Wildman–Crippen MR) is 76.2 cm³/mol. The van der Waals surface area contributed by atoms with Crippen molar-refractivity contribution in [2.75, 3.05) is 13.2 Å². The zero-order valence-corrected chi connectivity index (χ0v) is 11.2. The molecule has 0 radical (unpaired) electrons. The maximum atomic E-state index is 6.24. The van der Waals surface area contributed by atoms with E-state index in [1.807, 2.05) is 0 Å². The van der Waals surface area contributed by atoms with Crippen molar-refractivity contribution in [3.05, 3.63) is 35.5 Å². The molecule has 0 aliphatic carbocycles. The summed E-state index contributed by atoms with van der Waals surface area (Å²) in [4.78, 5) is 0. The summed E-state index contributed by atoms with van der Waals surface area (Å²) in [5.74, 6) is 0. The van der Waals surface area contributed by atoms with Gasteiger partial charge in [0.2, 0.25) is 0 Å². The summed E-state index contributed by atoms with van der Waals surface area (Å²) in [7, 11) is 0. The molecule has 3 heterocycles. The molecule has 3 heteroatoms. The van der Waals surface area contributed by atoms with E-state index in [0.717, 1.165) is 32.4 Å². The average molecular weight is 256 g/mol. The van der Waals surface area contributed by atoms with Gasteiger partial charge in [0, 0.05) is 17.4 Å². The fourth-order valence-corrected chi connectivity index (χ4v) is 4.06. The second-order valence-electron chi connectivity index (χ2n) is 5.73. The van der Waals surface area contributed by atoms with E-state index >= 15 is 0 Å². The highest BCUT2D eigenvalue weighted by Crippen LogP contribution is 2.46. The van der Waals surface area contributed by atoms with E-state index in [1.54, 1.807) is 0 Å². The molecule has 100 valence electrons. The molecule has 4 rings (SSSR count). The van der Waals surface area contributed by atoms with E-state index in [4.69, 9.17) is 10.5 Å². The van der Waals surface area contributed by atoms with E-state index < -0.39 is 0 Å². The van der Waals surface area contributed by atoms with Crippen LogP contribution in [0.15, 0.2) is 24.3 Å². The SMILES string of the molecule is NCCC12CCCn3c1c(c1ccccc13)CCO2. The van der Waals surface area contributed by atoms with Crippen molar-refractivity contribution < 1.29 is 4.74 Å². The predicted octanol–water partition coefficient (Wildman–Crippen LogP) is 2.55.